The molecule has 38 heavy (non-hydrogen) atoms. The van der Waals surface area contributed by atoms with Gasteiger partial charge in [0.2, 0.25) is 0 Å². The molecule has 0 bridgehead atoms. The van der Waals surface area contributed by atoms with Gasteiger partial charge in [0.05, 0.1) is 27.3 Å². The van der Waals surface area contributed by atoms with Crippen molar-refractivity contribution in [2.75, 3.05) is 16.3 Å². The van der Waals surface area contributed by atoms with Gasteiger partial charge in [-0.3, -0.25) is 14.0 Å². The third kappa shape index (κ3) is 5.15. The van der Waals surface area contributed by atoms with Crippen molar-refractivity contribution in [2.45, 2.75) is 18.4 Å². The van der Waals surface area contributed by atoms with E-state index < -0.39 is 10.0 Å². The van der Waals surface area contributed by atoms with Crippen molar-refractivity contribution < 1.29 is 13.2 Å². The Balaban J connectivity index is 1.49. The van der Waals surface area contributed by atoms with Gasteiger partial charge in [-0.25, -0.2) is 13.4 Å². The number of amides is 1. The fraction of sp³-hybridized carbons (Fsp3) is 0.103. The van der Waals surface area contributed by atoms with E-state index in [2.05, 4.69) is 0 Å². The van der Waals surface area contributed by atoms with Crippen LogP contribution in [0.25, 0.3) is 10.2 Å². The molecule has 9 heteroatoms. The number of benzene rings is 4. The van der Waals surface area contributed by atoms with E-state index in [9.17, 15) is 13.2 Å². The summed E-state index contributed by atoms with van der Waals surface area (Å²) < 4.78 is 28.5. The number of anilines is 2. The van der Waals surface area contributed by atoms with Gasteiger partial charge in [0, 0.05) is 17.6 Å². The Labute approximate surface area is 230 Å². The van der Waals surface area contributed by atoms with E-state index in [4.69, 9.17) is 16.6 Å². The zero-order chi connectivity index (χ0) is 26.9. The van der Waals surface area contributed by atoms with Crippen LogP contribution in [0.4, 0.5) is 10.8 Å². The summed E-state index contributed by atoms with van der Waals surface area (Å²) in [6.45, 7) is 2.25. The van der Waals surface area contributed by atoms with E-state index in [1.54, 1.807) is 41.3 Å². The largest absolute Gasteiger partial charge is 0.279 e. The van der Waals surface area contributed by atoms with Crippen LogP contribution in [0.1, 0.15) is 21.5 Å². The van der Waals surface area contributed by atoms with E-state index in [1.165, 1.54) is 34.8 Å². The number of aryl methyl sites for hydroxylation is 1. The van der Waals surface area contributed by atoms with Crippen LogP contribution in [0.3, 0.4) is 0 Å². The zero-order valence-electron chi connectivity index (χ0n) is 20.7. The van der Waals surface area contributed by atoms with Crippen molar-refractivity contribution in [1.29, 1.82) is 0 Å². The molecule has 5 aromatic rings. The molecule has 0 unspecified atom stereocenters. The van der Waals surface area contributed by atoms with Crippen LogP contribution < -0.4 is 9.21 Å². The minimum Gasteiger partial charge on any atom is -0.279 e. The number of para-hydroxylation sites is 1. The van der Waals surface area contributed by atoms with Crippen molar-refractivity contribution in [1.82, 2.24) is 4.98 Å². The molecule has 0 spiro atoms. The summed E-state index contributed by atoms with van der Waals surface area (Å²) in [6.07, 6.45) is 0. The van der Waals surface area contributed by atoms with Gasteiger partial charge < -0.3 is 0 Å². The fourth-order valence-corrected chi connectivity index (χ4v) is 6.72. The van der Waals surface area contributed by atoms with Gasteiger partial charge in [0.1, 0.15) is 0 Å². The monoisotopic (exact) mass is 561 g/mol. The molecule has 1 aromatic heterocycles. The second kappa shape index (κ2) is 10.6. The van der Waals surface area contributed by atoms with E-state index in [-0.39, 0.29) is 10.8 Å². The molecule has 0 saturated carbocycles. The normalized spacial score (nSPS) is 11.4. The zero-order valence-corrected chi connectivity index (χ0v) is 23.1. The number of thiazole rings is 1. The Morgan fingerprint density at radius 2 is 1.55 bits per heavy atom. The number of carbonyl (C=O) groups is 1. The van der Waals surface area contributed by atoms with Gasteiger partial charge in [0.25, 0.3) is 15.9 Å². The van der Waals surface area contributed by atoms with Gasteiger partial charge in [-0.1, -0.05) is 71.5 Å². The minimum absolute atomic E-state index is 0.0975. The predicted molar refractivity (Wildman–Crippen MR) is 155 cm³/mol. The van der Waals surface area contributed by atoms with Crippen LogP contribution in [-0.2, 0) is 16.6 Å². The highest BCUT2D eigenvalue weighted by atomic mass is 35.5. The first-order valence-corrected chi connectivity index (χ1v) is 14.4. The summed E-state index contributed by atoms with van der Waals surface area (Å²) in [4.78, 5) is 20.3. The van der Waals surface area contributed by atoms with Crippen LogP contribution in [-0.4, -0.2) is 26.4 Å². The lowest BCUT2D eigenvalue weighted by atomic mass is 10.1. The SMILES string of the molecule is Cc1cc(Cl)cc2sc(N(Cc3ccccc3)C(=O)c3ccc(S(=O)(=O)N(C)c4ccccc4)cc3)nc12. The molecule has 0 N–H and O–H groups in total. The standard InChI is InChI=1S/C29H24ClN3O3S2/c1-20-17-23(30)18-26-27(20)31-29(37-26)33(19-21-9-5-3-6-10-21)28(34)22-13-15-25(16-14-22)38(35,36)32(2)24-11-7-4-8-12-24/h3-18H,19H2,1-2H3. The minimum atomic E-state index is -3.80. The van der Waals surface area contributed by atoms with E-state index >= 15 is 0 Å². The van der Waals surface area contributed by atoms with Crippen molar-refractivity contribution in [3.05, 3.63) is 119 Å². The van der Waals surface area contributed by atoms with Crippen LogP contribution in [0.2, 0.25) is 5.02 Å². The Morgan fingerprint density at radius 3 is 2.21 bits per heavy atom. The molecule has 5 rings (SSSR count). The number of hydrogen-bond donors (Lipinski definition) is 0. The number of carbonyl (C=O) groups excluding carboxylic acids is 1. The quantitative estimate of drug-likeness (QED) is 0.216. The smallest absolute Gasteiger partial charge is 0.264 e. The average Bonchev–Trinajstić information content (AvgIpc) is 3.36. The number of nitrogens with zero attached hydrogens (tertiary/aromatic N) is 3. The summed E-state index contributed by atoms with van der Waals surface area (Å²) in [7, 11) is -2.29. The molecular weight excluding hydrogens is 538 g/mol. The Hall–Kier alpha value is -3.72. The molecule has 1 heterocycles. The van der Waals surface area contributed by atoms with Crippen molar-refractivity contribution in [2.24, 2.45) is 0 Å². The van der Waals surface area contributed by atoms with E-state index in [0.29, 0.717) is 27.9 Å². The molecule has 0 fully saturated rings. The van der Waals surface area contributed by atoms with Crippen LogP contribution in [0.15, 0.2) is 102 Å². The molecule has 192 valence electrons. The van der Waals surface area contributed by atoms with Crippen molar-refractivity contribution in [3.8, 4) is 0 Å². The first-order chi connectivity index (χ1) is 18.2. The average molecular weight is 562 g/mol. The first-order valence-electron chi connectivity index (χ1n) is 11.8. The molecule has 0 radical (unpaired) electrons. The van der Waals surface area contributed by atoms with Crippen LogP contribution in [0.5, 0.6) is 0 Å². The maximum atomic E-state index is 13.8. The third-order valence-electron chi connectivity index (χ3n) is 6.18. The number of sulfonamides is 1. The lowest BCUT2D eigenvalue weighted by Crippen LogP contribution is -2.30. The Kier molecular flexibility index (Phi) is 7.21. The number of fused-ring (bicyclic) bond motifs is 1. The highest BCUT2D eigenvalue weighted by molar-refractivity contribution is 7.92. The Bertz CT molecular complexity index is 1710. The van der Waals surface area contributed by atoms with Crippen LogP contribution >= 0.6 is 22.9 Å². The highest BCUT2D eigenvalue weighted by Gasteiger charge is 2.25. The lowest BCUT2D eigenvalue weighted by Gasteiger charge is -2.21. The summed E-state index contributed by atoms with van der Waals surface area (Å²) >= 11 is 7.65. The number of halogens is 1. The molecule has 0 atom stereocenters. The molecule has 4 aromatic carbocycles. The number of aromatic nitrogens is 1. The maximum absolute atomic E-state index is 13.8. The van der Waals surface area contributed by atoms with Crippen molar-refractivity contribution in [3.63, 3.8) is 0 Å². The summed E-state index contributed by atoms with van der Waals surface area (Å²) in [5.74, 6) is -0.281. The molecule has 6 nitrogen and oxygen atoms in total. The molecule has 0 saturated heterocycles. The number of rotatable bonds is 7. The second-order valence-electron chi connectivity index (χ2n) is 8.78. The van der Waals surface area contributed by atoms with Gasteiger partial charge in [-0.2, -0.15) is 0 Å². The van der Waals surface area contributed by atoms with Gasteiger partial charge in [0.15, 0.2) is 5.13 Å². The first kappa shape index (κ1) is 25.9. The fourth-order valence-electron chi connectivity index (χ4n) is 4.11. The Morgan fingerprint density at radius 1 is 0.921 bits per heavy atom. The summed E-state index contributed by atoms with van der Waals surface area (Å²) in [5.41, 5.74) is 3.58. The van der Waals surface area contributed by atoms with Crippen molar-refractivity contribution >= 4 is 59.9 Å². The summed E-state index contributed by atoms with van der Waals surface area (Å²) in [6, 6.07) is 28.2. The molecule has 0 aliphatic carbocycles. The molecule has 0 aliphatic heterocycles. The maximum Gasteiger partial charge on any atom is 0.264 e. The lowest BCUT2D eigenvalue weighted by molar-refractivity contribution is 0.0985. The predicted octanol–water partition coefficient (Wildman–Crippen LogP) is 6.93. The molecule has 1 amide bonds. The molecule has 0 aliphatic rings. The van der Waals surface area contributed by atoms with Gasteiger partial charge >= 0.3 is 0 Å². The highest BCUT2D eigenvalue weighted by Crippen LogP contribution is 2.34. The summed E-state index contributed by atoms with van der Waals surface area (Å²) in [5, 5.41) is 1.16. The van der Waals surface area contributed by atoms with Gasteiger partial charge in [-0.15, -0.1) is 0 Å². The number of hydrogen-bond acceptors (Lipinski definition) is 5. The van der Waals surface area contributed by atoms with Gasteiger partial charge in [-0.05, 0) is 66.6 Å². The topological polar surface area (TPSA) is 70.6 Å². The van der Waals surface area contributed by atoms with E-state index in [0.717, 1.165) is 21.3 Å². The molecular formula is C29H24ClN3O3S2. The second-order valence-corrected chi connectivity index (χ2v) is 12.2. The van der Waals surface area contributed by atoms with E-state index in [1.807, 2.05) is 55.5 Å². The third-order valence-corrected chi connectivity index (χ3v) is 9.22. The van der Waals surface area contributed by atoms with Crippen LogP contribution in [0, 0.1) is 6.92 Å².